The van der Waals surface area contributed by atoms with E-state index in [1.807, 2.05) is 0 Å². The number of hydrogen-bond donors (Lipinski definition) is 1. The van der Waals surface area contributed by atoms with Gasteiger partial charge in [-0.1, -0.05) is 0 Å². The number of rotatable bonds is 4. The van der Waals surface area contributed by atoms with Crippen LogP contribution in [0.5, 0.6) is 0 Å². The van der Waals surface area contributed by atoms with E-state index < -0.39 is 17.9 Å². The first-order chi connectivity index (χ1) is 11.9. The van der Waals surface area contributed by atoms with Crippen LogP contribution in [0.2, 0.25) is 0 Å². The van der Waals surface area contributed by atoms with Gasteiger partial charge in [0.2, 0.25) is 5.76 Å². The number of imide groups is 1. The van der Waals surface area contributed by atoms with E-state index in [4.69, 9.17) is 8.83 Å². The van der Waals surface area contributed by atoms with E-state index in [2.05, 4.69) is 41.9 Å². The molecule has 2 aromatic heterocycles. The van der Waals surface area contributed by atoms with Crippen molar-refractivity contribution in [2.24, 2.45) is 0 Å². The zero-order valence-electron chi connectivity index (χ0n) is 12.7. The van der Waals surface area contributed by atoms with Crippen molar-refractivity contribution in [1.29, 1.82) is 0 Å². The molecule has 3 rings (SSSR count). The maximum Gasteiger partial charge on any atom is 0.373 e. The number of nitrogens with one attached hydrogen (secondary N) is 1. The second-order valence-corrected chi connectivity index (χ2v) is 6.48. The van der Waals surface area contributed by atoms with E-state index in [0.717, 1.165) is 4.90 Å². The molecule has 0 spiro atoms. The van der Waals surface area contributed by atoms with Gasteiger partial charge in [0.25, 0.3) is 5.91 Å². The summed E-state index contributed by atoms with van der Waals surface area (Å²) in [5, 5.41) is 2.47. The Hall–Kier alpha value is -2.33. The van der Waals surface area contributed by atoms with Crippen LogP contribution in [0.15, 0.2) is 41.9 Å². The lowest BCUT2D eigenvalue weighted by atomic mass is 10.3. The Labute approximate surface area is 158 Å². The first-order valence-corrected chi connectivity index (χ1v) is 8.44. The van der Waals surface area contributed by atoms with E-state index in [1.54, 1.807) is 6.07 Å². The minimum atomic E-state index is -0.641. The monoisotopic (exact) mass is 472 g/mol. The van der Waals surface area contributed by atoms with Crippen molar-refractivity contribution in [2.75, 3.05) is 7.11 Å². The van der Waals surface area contributed by atoms with E-state index in [0.29, 0.717) is 14.9 Å². The van der Waals surface area contributed by atoms with E-state index in [1.165, 1.54) is 25.3 Å². The fraction of sp³-hybridized carbons (Fsp3) is 0.133. The molecular weight excluding hydrogens is 464 g/mol. The summed E-state index contributed by atoms with van der Waals surface area (Å²) in [6, 6.07) is 3.95. The highest BCUT2D eigenvalue weighted by atomic mass is 79.9. The van der Waals surface area contributed by atoms with Crippen LogP contribution in [0, 0.1) is 0 Å². The normalized spacial score (nSPS) is 15.8. The van der Waals surface area contributed by atoms with Crippen molar-refractivity contribution in [3.8, 4) is 0 Å². The molecule has 0 aliphatic carbocycles. The topological polar surface area (TPSA) is 102 Å². The molecule has 1 aliphatic rings. The second-order valence-electron chi connectivity index (χ2n) is 4.91. The lowest BCUT2D eigenvalue weighted by Gasteiger charge is -2.09. The van der Waals surface area contributed by atoms with E-state index >= 15 is 0 Å². The summed E-state index contributed by atoms with van der Waals surface area (Å²) in [5.41, 5.74) is 0.0681. The van der Waals surface area contributed by atoms with Crippen molar-refractivity contribution < 1.29 is 28.0 Å². The Balaban J connectivity index is 1.77. The number of furan rings is 2. The predicted octanol–water partition coefficient (Wildman–Crippen LogP) is 3.28. The summed E-state index contributed by atoms with van der Waals surface area (Å²) in [7, 11) is 1.23. The Morgan fingerprint density at radius 3 is 2.72 bits per heavy atom. The molecule has 0 aromatic carbocycles. The molecule has 10 heteroatoms. The van der Waals surface area contributed by atoms with E-state index in [9.17, 15) is 14.4 Å². The molecule has 130 valence electrons. The van der Waals surface area contributed by atoms with Crippen molar-refractivity contribution in [1.82, 2.24) is 10.2 Å². The number of urea groups is 1. The van der Waals surface area contributed by atoms with Gasteiger partial charge in [0, 0.05) is 6.08 Å². The van der Waals surface area contributed by atoms with Crippen LogP contribution in [-0.4, -0.2) is 29.9 Å². The highest BCUT2D eigenvalue weighted by Crippen LogP contribution is 2.28. The van der Waals surface area contributed by atoms with Crippen molar-refractivity contribution in [3.05, 3.63) is 50.3 Å². The van der Waals surface area contributed by atoms with Crippen molar-refractivity contribution >= 4 is 55.8 Å². The number of hydrogen-bond acceptors (Lipinski definition) is 6. The highest BCUT2D eigenvalue weighted by molar-refractivity contribution is 9.13. The van der Waals surface area contributed by atoms with E-state index in [-0.39, 0.29) is 23.8 Å². The highest BCUT2D eigenvalue weighted by Gasteiger charge is 2.34. The Kier molecular flexibility index (Phi) is 4.82. The van der Waals surface area contributed by atoms with Gasteiger partial charge in [-0.15, -0.1) is 0 Å². The van der Waals surface area contributed by atoms with Crippen LogP contribution in [0.3, 0.4) is 0 Å². The number of carbonyl (C=O) groups is 3. The van der Waals surface area contributed by atoms with Gasteiger partial charge >= 0.3 is 12.0 Å². The molecule has 8 nitrogen and oxygen atoms in total. The molecule has 0 radical (unpaired) electrons. The summed E-state index contributed by atoms with van der Waals surface area (Å²) >= 11 is 6.46. The number of nitrogens with zero attached hydrogens (tertiary/aromatic N) is 1. The van der Waals surface area contributed by atoms with Gasteiger partial charge < -0.3 is 18.9 Å². The summed E-state index contributed by atoms with van der Waals surface area (Å²) in [4.78, 5) is 36.8. The zero-order chi connectivity index (χ0) is 18.1. The number of carbonyl (C=O) groups excluding carboxylic acids is 3. The summed E-state index contributed by atoms with van der Waals surface area (Å²) in [5.74, 6) is -0.530. The van der Waals surface area contributed by atoms with Crippen LogP contribution < -0.4 is 5.32 Å². The number of halogens is 2. The fourth-order valence-corrected chi connectivity index (χ4v) is 2.73. The maximum atomic E-state index is 12.4. The summed E-state index contributed by atoms with van der Waals surface area (Å²) < 4.78 is 16.3. The largest absolute Gasteiger partial charge is 0.463 e. The Morgan fingerprint density at radius 1 is 1.32 bits per heavy atom. The molecule has 3 amide bonds. The molecular formula is C15H10Br2N2O6. The van der Waals surface area contributed by atoms with Crippen molar-refractivity contribution in [3.63, 3.8) is 0 Å². The molecule has 1 saturated heterocycles. The molecule has 0 saturated carbocycles. The molecule has 3 heterocycles. The first-order valence-electron chi connectivity index (χ1n) is 6.85. The van der Waals surface area contributed by atoms with Crippen LogP contribution in [-0.2, 0) is 16.1 Å². The lowest BCUT2D eigenvalue weighted by Crippen LogP contribution is -2.30. The molecule has 0 unspecified atom stereocenters. The van der Waals surface area contributed by atoms with Crippen LogP contribution in [0.1, 0.15) is 22.1 Å². The van der Waals surface area contributed by atoms with Crippen LogP contribution >= 0.6 is 31.9 Å². The Bertz CT molecular complexity index is 878. The third kappa shape index (κ3) is 3.54. The van der Waals surface area contributed by atoms with Crippen LogP contribution in [0.4, 0.5) is 4.79 Å². The van der Waals surface area contributed by atoms with Gasteiger partial charge in [0.15, 0.2) is 4.67 Å². The summed E-state index contributed by atoms with van der Waals surface area (Å²) in [6.07, 6.45) is 1.41. The molecule has 1 N–H and O–H groups in total. The minimum absolute atomic E-state index is 0.00870. The van der Waals surface area contributed by atoms with Gasteiger partial charge in [0.05, 0.1) is 18.1 Å². The zero-order valence-corrected chi connectivity index (χ0v) is 15.8. The molecule has 1 aliphatic heterocycles. The molecule has 1 fully saturated rings. The maximum absolute atomic E-state index is 12.4. The van der Waals surface area contributed by atoms with Gasteiger partial charge in [-0.3, -0.25) is 9.69 Å². The standard InChI is InChI=1S/C15H10Br2N2O6/c1-23-14(21)11-3-2-7(24-11)6-19-13(20)10(18-15(19)22)5-8-4-9(16)12(17)25-8/h2-5H,6H2,1H3,(H,18,22)/b10-5-. The smallest absolute Gasteiger partial charge is 0.373 e. The predicted molar refractivity (Wildman–Crippen MR) is 91.2 cm³/mol. The fourth-order valence-electron chi connectivity index (χ4n) is 2.12. The molecule has 2 aromatic rings. The van der Waals surface area contributed by atoms with Crippen LogP contribution in [0.25, 0.3) is 6.08 Å². The average Bonchev–Trinajstić information content (AvgIpc) is 3.23. The summed E-state index contributed by atoms with van der Waals surface area (Å²) in [6.45, 7) is -0.120. The number of esters is 1. The van der Waals surface area contributed by atoms with Gasteiger partial charge in [-0.2, -0.15) is 0 Å². The average molecular weight is 474 g/mol. The molecule has 25 heavy (non-hydrogen) atoms. The number of methoxy groups -OCH3 is 1. The molecule has 0 atom stereocenters. The van der Waals surface area contributed by atoms with Gasteiger partial charge in [-0.05, 0) is 50.1 Å². The number of ether oxygens (including phenoxy) is 1. The quantitative estimate of drug-likeness (QED) is 0.415. The SMILES string of the molecule is COC(=O)c1ccc(CN2C(=O)N/C(=C\c3cc(Br)c(Br)o3)C2=O)o1. The first kappa shape index (κ1) is 17.5. The second kappa shape index (κ2) is 6.89. The van der Waals surface area contributed by atoms with Crippen molar-refractivity contribution in [2.45, 2.75) is 6.54 Å². The Morgan fingerprint density at radius 2 is 2.08 bits per heavy atom. The van der Waals surface area contributed by atoms with Gasteiger partial charge in [0.1, 0.15) is 17.2 Å². The third-order valence-electron chi connectivity index (χ3n) is 3.28. The number of amides is 3. The van der Waals surface area contributed by atoms with Gasteiger partial charge in [-0.25, -0.2) is 9.59 Å². The third-order valence-corrected chi connectivity index (χ3v) is 4.99. The molecule has 0 bridgehead atoms. The lowest BCUT2D eigenvalue weighted by molar-refractivity contribution is -0.123. The minimum Gasteiger partial charge on any atom is -0.463 e.